The molecule has 0 saturated carbocycles. The van der Waals surface area contributed by atoms with Gasteiger partial charge in [-0.1, -0.05) is 67.7 Å². The van der Waals surface area contributed by atoms with Crippen molar-refractivity contribution in [3.05, 3.63) is 60.8 Å². The van der Waals surface area contributed by atoms with Crippen LogP contribution in [0.15, 0.2) is 60.8 Å². The van der Waals surface area contributed by atoms with Crippen molar-refractivity contribution in [3.63, 3.8) is 0 Å². The molecule has 0 aromatic rings. The van der Waals surface area contributed by atoms with Crippen LogP contribution in [0.25, 0.3) is 0 Å². The fourth-order valence-electron chi connectivity index (χ4n) is 2.73. The second-order valence-electron chi connectivity index (χ2n) is 7.94. The Balaban J connectivity index is 3.80. The Morgan fingerprint density at radius 3 is 1.76 bits per heavy atom. The Kier molecular flexibility index (Phi) is 20.3. The molecule has 190 valence electrons. The van der Waals surface area contributed by atoms with Gasteiger partial charge in [0.1, 0.15) is 11.8 Å². The summed E-state index contributed by atoms with van der Waals surface area (Å²) in [4.78, 5) is 34.6. The number of nitrogens with two attached hydrogens (primary N) is 1. The Labute approximate surface area is 205 Å². The normalized spacial score (nSPS) is 14.0. The number of hydrogen-bond acceptors (Lipinski definition) is 6. The molecule has 0 fully saturated rings. The molecule has 6 heteroatoms. The summed E-state index contributed by atoms with van der Waals surface area (Å²) < 4.78 is 10.1. The number of allylic oxidation sites excluding steroid dienone is 10. The van der Waals surface area contributed by atoms with Crippen LogP contribution >= 0.6 is 0 Å². The van der Waals surface area contributed by atoms with Crippen LogP contribution in [-0.4, -0.2) is 30.1 Å². The van der Waals surface area contributed by atoms with Crippen molar-refractivity contribution in [3.8, 4) is 0 Å². The molecule has 0 bridgehead atoms. The molecule has 2 N–H and O–H groups in total. The van der Waals surface area contributed by atoms with E-state index in [9.17, 15) is 14.4 Å². The molecule has 2 atom stereocenters. The summed E-state index contributed by atoms with van der Waals surface area (Å²) in [7, 11) is 0. The van der Waals surface area contributed by atoms with Crippen LogP contribution in [0.2, 0.25) is 0 Å². The highest BCUT2D eigenvalue weighted by molar-refractivity contribution is 5.79. The molecule has 0 saturated heterocycles. The first-order chi connectivity index (χ1) is 16.4. The summed E-state index contributed by atoms with van der Waals surface area (Å²) in [6, 6.07) is -0.902. The van der Waals surface area contributed by atoms with Crippen molar-refractivity contribution in [2.24, 2.45) is 5.73 Å². The molecule has 0 spiro atoms. The van der Waals surface area contributed by atoms with Gasteiger partial charge < -0.3 is 20.0 Å². The van der Waals surface area contributed by atoms with Gasteiger partial charge in [-0.05, 0) is 58.3 Å². The number of rotatable bonds is 19. The van der Waals surface area contributed by atoms with E-state index in [1.165, 1.54) is 13.8 Å². The summed E-state index contributed by atoms with van der Waals surface area (Å²) >= 11 is 0. The standard InChI is InChI=1S/C28H43NO5/c1-4-5-6-7-8-9-10-11-12-13-14-15-16-17-18-19-20-21-27(31)33-25(3)34-28(32)26(29)23-22-24(2)30/h5-6,8-9,11-12,14-15,17-18,25-26H,4,7,10,13,16,19-23,29H2,1-3H3/b6-5-,9-8-,12-11-,15-14-,18-17-. The third kappa shape index (κ3) is 21.1. The third-order valence-corrected chi connectivity index (χ3v) is 4.60. The number of esters is 2. The molecule has 0 amide bonds. The third-order valence-electron chi connectivity index (χ3n) is 4.60. The lowest BCUT2D eigenvalue weighted by Crippen LogP contribution is -2.35. The number of carbonyl (C=O) groups excluding carboxylic acids is 3. The van der Waals surface area contributed by atoms with Gasteiger partial charge in [0.05, 0.1) is 0 Å². The predicted molar refractivity (Wildman–Crippen MR) is 138 cm³/mol. The van der Waals surface area contributed by atoms with Crippen molar-refractivity contribution < 1.29 is 23.9 Å². The molecule has 0 heterocycles. The highest BCUT2D eigenvalue weighted by Crippen LogP contribution is 2.06. The molecule has 6 nitrogen and oxygen atoms in total. The van der Waals surface area contributed by atoms with Gasteiger partial charge in [-0.15, -0.1) is 0 Å². The van der Waals surface area contributed by atoms with E-state index in [1.54, 1.807) is 0 Å². The lowest BCUT2D eigenvalue weighted by molar-refractivity contribution is -0.185. The lowest BCUT2D eigenvalue weighted by atomic mass is 10.1. The van der Waals surface area contributed by atoms with Gasteiger partial charge in [0.15, 0.2) is 0 Å². The van der Waals surface area contributed by atoms with Gasteiger partial charge in [0.2, 0.25) is 6.29 Å². The van der Waals surface area contributed by atoms with E-state index < -0.39 is 24.3 Å². The highest BCUT2D eigenvalue weighted by Gasteiger charge is 2.20. The molecule has 0 aliphatic rings. The molecular weight excluding hydrogens is 430 g/mol. The molecule has 0 aromatic heterocycles. The zero-order valence-corrected chi connectivity index (χ0v) is 21.1. The topological polar surface area (TPSA) is 95.7 Å². The first-order valence-electron chi connectivity index (χ1n) is 12.3. The molecule has 0 aromatic carbocycles. The maximum absolute atomic E-state index is 11.8. The molecule has 0 aliphatic heterocycles. The Hall–Kier alpha value is -2.73. The van der Waals surface area contributed by atoms with Crippen molar-refractivity contribution in [1.29, 1.82) is 0 Å². The Bertz CT molecular complexity index is 718. The molecule has 0 aliphatic carbocycles. The minimum atomic E-state index is -1.00. The zero-order valence-electron chi connectivity index (χ0n) is 21.1. The van der Waals surface area contributed by atoms with Gasteiger partial charge in [0, 0.05) is 19.8 Å². The van der Waals surface area contributed by atoms with Crippen molar-refractivity contribution in [2.75, 3.05) is 0 Å². The van der Waals surface area contributed by atoms with Crippen molar-refractivity contribution in [1.82, 2.24) is 0 Å². The van der Waals surface area contributed by atoms with E-state index >= 15 is 0 Å². The quantitative estimate of drug-likeness (QED) is 0.106. The van der Waals surface area contributed by atoms with Crippen LogP contribution in [-0.2, 0) is 23.9 Å². The first kappa shape index (κ1) is 31.3. The number of unbranched alkanes of at least 4 members (excludes halogenated alkanes) is 1. The first-order valence-corrected chi connectivity index (χ1v) is 12.3. The van der Waals surface area contributed by atoms with E-state index in [-0.39, 0.29) is 25.0 Å². The van der Waals surface area contributed by atoms with Crippen LogP contribution in [0.3, 0.4) is 0 Å². The number of ketones is 1. The second kappa shape index (κ2) is 22.1. The van der Waals surface area contributed by atoms with Crippen LogP contribution in [0.1, 0.15) is 85.0 Å². The van der Waals surface area contributed by atoms with Gasteiger partial charge in [0.25, 0.3) is 0 Å². The maximum atomic E-state index is 11.8. The van der Waals surface area contributed by atoms with Crippen LogP contribution in [0, 0.1) is 0 Å². The second-order valence-corrected chi connectivity index (χ2v) is 7.94. The number of Topliss-reactive ketones (excluding diaryl/α,β-unsaturated/α-hetero) is 1. The lowest BCUT2D eigenvalue weighted by Gasteiger charge is -2.16. The fourth-order valence-corrected chi connectivity index (χ4v) is 2.73. The predicted octanol–water partition coefficient (Wildman–Crippen LogP) is 6.04. The average Bonchev–Trinajstić information content (AvgIpc) is 2.79. The summed E-state index contributed by atoms with van der Waals surface area (Å²) in [5.74, 6) is -1.15. The van der Waals surface area contributed by atoms with Crippen molar-refractivity contribution >= 4 is 17.7 Å². The van der Waals surface area contributed by atoms with Gasteiger partial charge >= 0.3 is 11.9 Å². The Morgan fingerprint density at radius 1 is 0.765 bits per heavy atom. The van der Waals surface area contributed by atoms with Gasteiger partial charge in [-0.25, -0.2) is 0 Å². The number of carbonyl (C=O) groups is 3. The van der Waals surface area contributed by atoms with E-state index in [2.05, 4.69) is 61.6 Å². The van der Waals surface area contributed by atoms with E-state index in [0.29, 0.717) is 6.42 Å². The summed E-state index contributed by atoms with van der Waals surface area (Å²) in [5, 5.41) is 0. The smallest absolute Gasteiger partial charge is 0.325 e. The minimum absolute atomic E-state index is 0.0461. The van der Waals surface area contributed by atoms with Gasteiger partial charge in [-0.2, -0.15) is 0 Å². The van der Waals surface area contributed by atoms with E-state index in [0.717, 1.165) is 38.5 Å². The summed E-state index contributed by atoms with van der Waals surface area (Å²) in [6.45, 7) is 5.04. The molecule has 34 heavy (non-hydrogen) atoms. The van der Waals surface area contributed by atoms with Crippen LogP contribution in [0.5, 0.6) is 0 Å². The van der Waals surface area contributed by atoms with E-state index in [4.69, 9.17) is 15.2 Å². The molecule has 0 radical (unpaired) electrons. The van der Waals surface area contributed by atoms with Gasteiger partial charge in [-0.3, -0.25) is 9.59 Å². The fraction of sp³-hybridized carbons (Fsp3) is 0.536. The maximum Gasteiger partial charge on any atom is 0.325 e. The molecule has 0 rings (SSSR count). The van der Waals surface area contributed by atoms with Crippen LogP contribution in [0.4, 0.5) is 0 Å². The SMILES string of the molecule is CC/C=C\C/C=C\C/C=C\C/C=C\C/C=C\CCCC(=O)OC(C)OC(=O)C(N)CCC(C)=O. The average molecular weight is 474 g/mol. The highest BCUT2D eigenvalue weighted by atomic mass is 16.7. The minimum Gasteiger partial charge on any atom is -0.425 e. The van der Waals surface area contributed by atoms with E-state index in [1.807, 2.05) is 6.08 Å². The zero-order chi connectivity index (χ0) is 25.4. The van der Waals surface area contributed by atoms with Crippen molar-refractivity contribution in [2.45, 2.75) is 97.3 Å². The Morgan fingerprint density at radius 2 is 1.26 bits per heavy atom. The molecular formula is C28H43NO5. The number of ether oxygens (including phenoxy) is 2. The monoisotopic (exact) mass is 473 g/mol. The molecule has 2 unspecified atom stereocenters. The number of hydrogen-bond donors (Lipinski definition) is 1. The van der Waals surface area contributed by atoms with Crippen LogP contribution < -0.4 is 5.73 Å². The largest absolute Gasteiger partial charge is 0.425 e. The summed E-state index contributed by atoms with van der Waals surface area (Å²) in [6.07, 6.45) is 27.4. The summed E-state index contributed by atoms with van der Waals surface area (Å²) in [5.41, 5.74) is 5.66.